The Labute approximate surface area is 176 Å². The number of benzene rings is 2. The molecule has 0 aliphatic carbocycles. The molecule has 1 aromatic heterocycles. The van der Waals surface area contributed by atoms with Crippen LogP contribution in [0.25, 0.3) is 5.69 Å². The van der Waals surface area contributed by atoms with E-state index in [1.807, 2.05) is 54.0 Å². The Balaban J connectivity index is 1.59. The Morgan fingerprint density at radius 1 is 1.14 bits per heavy atom. The topological polar surface area (TPSA) is 63.1 Å². The van der Waals surface area contributed by atoms with Gasteiger partial charge < -0.3 is 5.32 Å². The third-order valence-electron chi connectivity index (χ3n) is 4.67. The van der Waals surface area contributed by atoms with Crippen molar-refractivity contribution in [1.82, 2.24) is 19.7 Å². The van der Waals surface area contributed by atoms with Crippen LogP contribution >= 0.6 is 11.8 Å². The van der Waals surface area contributed by atoms with Gasteiger partial charge >= 0.3 is 0 Å². The van der Waals surface area contributed by atoms with Gasteiger partial charge in [-0.3, -0.25) is 14.3 Å². The van der Waals surface area contributed by atoms with Crippen LogP contribution in [0.15, 0.2) is 60.0 Å². The monoisotopic (exact) mass is 409 g/mol. The molecule has 3 rings (SSSR count). The zero-order valence-corrected chi connectivity index (χ0v) is 17.9. The van der Waals surface area contributed by atoms with E-state index in [1.165, 1.54) is 22.9 Å². The number of hydrogen-bond acceptors (Lipinski definition) is 5. The van der Waals surface area contributed by atoms with Gasteiger partial charge in [0.25, 0.3) is 0 Å². The minimum atomic E-state index is -0.0616. The molecule has 0 saturated heterocycles. The van der Waals surface area contributed by atoms with Crippen LogP contribution in [-0.2, 0) is 11.3 Å². The van der Waals surface area contributed by atoms with Crippen LogP contribution < -0.4 is 5.32 Å². The van der Waals surface area contributed by atoms with Gasteiger partial charge in [-0.1, -0.05) is 55.4 Å². The number of thioether (sulfide) groups is 1. The second-order valence-corrected chi connectivity index (χ2v) is 7.76. The molecule has 0 bridgehead atoms. The second kappa shape index (κ2) is 10.2. The molecular formula is C22H27N5OS. The van der Waals surface area contributed by atoms with E-state index in [9.17, 15) is 4.79 Å². The Morgan fingerprint density at radius 3 is 2.62 bits per heavy atom. The number of nitrogens with one attached hydrogen (secondary N) is 1. The van der Waals surface area contributed by atoms with Gasteiger partial charge in [0.05, 0.1) is 5.75 Å². The summed E-state index contributed by atoms with van der Waals surface area (Å²) in [5, 5.41) is 11.8. The first kappa shape index (κ1) is 21.1. The SMILES string of the molecule is CCN(CC)Cc1cccc(NC(=O)CSc2nncn2-c2ccc(C)cc2)c1. The Bertz CT molecular complexity index is 934. The first-order chi connectivity index (χ1) is 14.1. The molecule has 152 valence electrons. The standard InChI is InChI=1S/C22H27N5OS/c1-4-26(5-2)14-18-7-6-8-19(13-18)24-21(28)15-29-22-25-23-16-27(22)20-11-9-17(3)10-12-20/h6-13,16H,4-5,14-15H2,1-3H3,(H,24,28). The van der Waals surface area contributed by atoms with Crippen molar-refractivity contribution in [2.75, 3.05) is 24.2 Å². The number of carbonyl (C=O) groups excluding carboxylic acids is 1. The normalized spacial score (nSPS) is 11.0. The highest BCUT2D eigenvalue weighted by Gasteiger charge is 2.11. The van der Waals surface area contributed by atoms with Crippen LogP contribution in [0.4, 0.5) is 5.69 Å². The van der Waals surface area contributed by atoms with Gasteiger partial charge in [0.15, 0.2) is 5.16 Å². The second-order valence-electron chi connectivity index (χ2n) is 6.82. The summed E-state index contributed by atoms with van der Waals surface area (Å²) in [7, 11) is 0. The first-order valence-electron chi connectivity index (χ1n) is 9.80. The number of aromatic nitrogens is 3. The quantitative estimate of drug-likeness (QED) is 0.538. The van der Waals surface area contributed by atoms with Crippen LogP contribution in [0.5, 0.6) is 0 Å². The molecule has 6 nitrogen and oxygen atoms in total. The van der Waals surface area contributed by atoms with Crippen molar-refractivity contribution in [3.8, 4) is 5.69 Å². The van der Waals surface area contributed by atoms with E-state index >= 15 is 0 Å². The molecule has 1 heterocycles. The fraction of sp³-hybridized carbons (Fsp3) is 0.318. The van der Waals surface area contributed by atoms with Crippen molar-refractivity contribution >= 4 is 23.4 Å². The number of hydrogen-bond donors (Lipinski definition) is 1. The lowest BCUT2D eigenvalue weighted by atomic mass is 10.2. The van der Waals surface area contributed by atoms with E-state index in [4.69, 9.17) is 0 Å². The molecule has 1 amide bonds. The number of carbonyl (C=O) groups is 1. The Hall–Kier alpha value is -2.64. The van der Waals surface area contributed by atoms with Gasteiger partial charge in [0, 0.05) is 17.9 Å². The Kier molecular flexibility index (Phi) is 7.43. The third-order valence-corrected chi connectivity index (χ3v) is 5.62. The van der Waals surface area contributed by atoms with Crippen molar-refractivity contribution in [3.05, 3.63) is 66.0 Å². The highest BCUT2D eigenvalue weighted by molar-refractivity contribution is 7.99. The fourth-order valence-electron chi connectivity index (χ4n) is 2.99. The molecule has 0 aliphatic rings. The molecule has 1 N–H and O–H groups in total. The number of rotatable bonds is 9. The maximum Gasteiger partial charge on any atom is 0.234 e. The van der Waals surface area contributed by atoms with Crippen molar-refractivity contribution in [1.29, 1.82) is 0 Å². The van der Waals surface area contributed by atoms with E-state index in [0.717, 1.165) is 31.0 Å². The number of nitrogens with zero attached hydrogens (tertiary/aromatic N) is 4. The summed E-state index contributed by atoms with van der Waals surface area (Å²) in [6, 6.07) is 16.2. The molecule has 2 aromatic carbocycles. The number of amides is 1. The van der Waals surface area contributed by atoms with E-state index < -0.39 is 0 Å². The van der Waals surface area contributed by atoms with Crippen LogP contribution in [0.3, 0.4) is 0 Å². The summed E-state index contributed by atoms with van der Waals surface area (Å²) >= 11 is 1.37. The lowest BCUT2D eigenvalue weighted by Crippen LogP contribution is -2.22. The molecule has 0 saturated carbocycles. The minimum Gasteiger partial charge on any atom is -0.325 e. The zero-order valence-electron chi connectivity index (χ0n) is 17.1. The van der Waals surface area contributed by atoms with Crippen molar-refractivity contribution in [2.45, 2.75) is 32.5 Å². The van der Waals surface area contributed by atoms with Gasteiger partial charge in [-0.2, -0.15) is 0 Å². The minimum absolute atomic E-state index is 0.0616. The van der Waals surface area contributed by atoms with Crippen LogP contribution in [0.2, 0.25) is 0 Å². The van der Waals surface area contributed by atoms with Crippen LogP contribution in [0.1, 0.15) is 25.0 Å². The van der Waals surface area contributed by atoms with E-state index in [0.29, 0.717) is 5.16 Å². The number of anilines is 1. The highest BCUT2D eigenvalue weighted by atomic mass is 32.2. The summed E-state index contributed by atoms with van der Waals surface area (Å²) in [5.74, 6) is 0.207. The first-order valence-corrected chi connectivity index (χ1v) is 10.8. The molecule has 29 heavy (non-hydrogen) atoms. The molecule has 0 fully saturated rings. The van der Waals surface area contributed by atoms with Gasteiger partial charge in [-0.25, -0.2) is 0 Å². The van der Waals surface area contributed by atoms with Gasteiger partial charge in [0.2, 0.25) is 5.91 Å². The predicted octanol–water partition coefficient (Wildman–Crippen LogP) is 4.15. The summed E-state index contributed by atoms with van der Waals surface area (Å²) in [5.41, 5.74) is 4.18. The van der Waals surface area contributed by atoms with Gasteiger partial charge in [-0.05, 0) is 49.8 Å². The smallest absolute Gasteiger partial charge is 0.234 e. The average Bonchev–Trinajstić information content (AvgIpc) is 3.20. The summed E-state index contributed by atoms with van der Waals surface area (Å²) in [4.78, 5) is 14.8. The third kappa shape index (κ3) is 5.92. The Morgan fingerprint density at radius 2 is 1.90 bits per heavy atom. The van der Waals surface area contributed by atoms with E-state index in [1.54, 1.807) is 6.33 Å². The highest BCUT2D eigenvalue weighted by Crippen LogP contribution is 2.20. The largest absolute Gasteiger partial charge is 0.325 e. The average molecular weight is 410 g/mol. The maximum atomic E-state index is 12.4. The van der Waals surface area contributed by atoms with Crippen molar-refractivity contribution in [3.63, 3.8) is 0 Å². The number of aryl methyl sites for hydroxylation is 1. The molecule has 0 spiro atoms. The lowest BCUT2D eigenvalue weighted by molar-refractivity contribution is -0.113. The lowest BCUT2D eigenvalue weighted by Gasteiger charge is -2.18. The molecule has 0 atom stereocenters. The van der Waals surface area contributed by atoms with Crippen molar-refractivity contribution < 1.29 is 4.79 Å². The van der Waals surface area contributed by atoms with E-state index in [-0.39, 0.29) is 11.7 Å². The predicted molar refractivity (Wildman–Crippen MR) is 119 cm³/mol. The molecule has 3 aromatic rings. The van der Waals surface area contributed by atoms with Gasteiger partial charge in [-0.15, -0.1) is 10.2 Å². The molecule has 7 heteroatoms. The molecule has 0 radical (unpaired) electrons. The zero-order chi connectivity index (χ0) is 20.6. The van der Waals surface area contributed by atoms with Gasteiger partial charge in [0.1, 0.15) is 6.33 Å². The van der Waals surface area contributed by atoms with E-state index in [2.05, 4.69) is 40.3 Å². The molecule has 0 aliphatic heterocycles. The van der Waals surface area contributed by atoms with Crippen molar-refractivity contribution in [2.24, 2.45) is 0 Å². The summed E-state index contributed by atoms with van der Waals surface area (Å²) in [6.45, 7) is 9.25. The fourth-order valence-corrected chi connectivity index (χ4v) is 3.71. The molecule has 0 unspecified atom stereocenters. The maximum absolute atomic E-state index is 12.4. The summed E-state index contributed by atoms with van der Waals surface area (Å²) < 4.78 is 1.89. The van der Waals surface area contributed by atoms with Crippen LogP contribution in [-0.4, -0.2) is 44.4 Å². The molecular weight excluding hydrogens is 382 g/mol. The summed E-state index contributed by atoms with van der Waals surface area (Å²) in [6.07, 6.45) is 1.67. The van der Waals surface area contributed by atoms with Crippen LogP contribution in [0, 0.1) is 6.92 Å².